The smallest absolute Gasteiger partial charge is 0.282 e. The van der Waals surface area contributed by atoms with E-state index in [2.05, 4.69) is 41.9 Å². The van der Waals surface area contributed by atoms with Gasteiger partial charge in [0.2, 0.25) is 0 Å². The molecule has 0 aliphatic carbocycles. The molecule has 0 N–H and O–H groups in total. The Kier molecular flexibility index (Phi) is 8.21. The minimum atomic E-state index is -0.321. The number of nitrogens with zero attached hydrogens (tertiary/aromatic N) is 3. The van der Waals surface area contributed by atoms with Crippen LogP contribution in [0.25, 0.3) is 10.9 Å². The van der Waals surface area contributed by atoms with Crippen LogP contribution in [0, 0.1) is 5.82 Å². The first kappa shape index (κ1) is 26.0. The zero-order valence-electron chi connectivity index (χ0n) is 20.0. The summed E-state index contributed by atoms with van der Waals surface area (Å²) in [6.07, 6.45) is 1.59. The number of fused-ring (bicyclic) bond motifs is 1. The zero-order chi connectivity index (χ0) is 25.8. The minimum Gasteiger partial charge on any atom is -0.490 e. The van der Waals surface area contributed by atoms with E-state index in [9.17, 15) is 9.18 Å². The molecule has 36 heavy (non-hydrogen) atoms. The maximum absolute atomic E-state index is 13.5. The highest BCUT2D eigenvalue weighted by Gasteiger charge is 2.15. The van der Waals surface area contributed by atoms with Gasteiger partial charge < -0.3 is 9.47 Å². The lowest BCUT2D eigenvalue weighted by Gasteiger charge is -2.15. The van der Waals surface area contributed by atoms with Crippen LogP contribution in [0.2, 0.25) is 0 Å². The van der Waals surface area contributed by atoms with Crippen molar-refractivity contribution in [2.75, 3.05) is 6.61 Å². The van der Waals surface area contributed by atoms with E-state index in [1.54, 1.807) is 30.5 Å². The molecule has 3 aromatic carbocycles. The molecule has 9 heteroatoms. The van der Waals surface area contributed by atoms with Crippen LogP contribution in [0.3, 0.4) is 0 Å². The third kappa shape index (κ3) is 5.84. The molecule has 0 saturated carbocycles. The SMILES string of the molecule is CCOc1cc(C=Nn2c(C(C)C)nc3ccc(Br)cc3c2=O)cc(Br)c1OCc1cccc(F)c1. The Morgan fingerprint density at radius 2 is 1.92 bits per heavy atom. The maximum atomic E-state index is 13.5. The molecule has 0 spiro atoms. The van der Waals surface area contributed by atoms with Gasteiger partial charge in [-0.15, -0.1) is 0 Å². The van der Waals surface area contributed by atoms with E-state index in [-0.39, 0.29) is 23.9 Å². The molecule has 6 nitrogen and oxygen atoms in total. The monoisotopic (exact) mass is 615 g/mol. The number of ether oxygens (including phenoxy) is 2. The fourth-order valence-electron chi connectivity index (χ4n) is 3.62. The predicted molar refractivity (Wildman–Crippen MR) is 147 cm³/mol. The molecule has 1 aromatic heterocycles. The van der Waals surface area contributed by atoms with Crippen molar-refractivity contribution in [3.63, 3.8) is 0 Å². The van der Waals surface area contributed by atoms with E-state index in [1.165, 1.54) is 16.8 Å². The number of hydrogen-bond acceptors (Lipinski definition) is 5. The van der Waals surface area contributed by atoms with Crippen molar-refractivity contribution in [1.82, 2.24) is 9.66 Å². The third-order valence-corrected chi connectivity index (χ3v) is 6.36. The molecule has 0 aliphatic rings. The van der Waals surface area contributed by atoms with Crippen LogP contribution >= 0.6 is 31.9 Å². The molecule has 0 atom stereocenters. The Morgan fingerprint density at radius 3 is 2.64 bits per heavy atom. The van der Waals surface area contributed by atoms with E-state index in [0.29, 0.717) is 50.4 Å². The quantitative estimate of drug-likeness (QED) is 0.199. The molecular weight excluding hydrogens is 593 g/mol. The number of hydrogen-bond donors (Lipinski definition) is 0. The molecular formula is C27H24Br2FN3O3. The Morgan fingerprint density at radius 1 is 1.11 bits per heavy atom. The lowest BCUT2D eigenvalue weighted by atomic mass is 10.2. The van der Waals surface area contributed by atoms with Gasteiger partial charge in [-0.25, -0.2) is 9.37 Å². The first-order valence-electron chi connectivity index (χ1n) is 11.4. The first-order chi connectivity index (χ1) is 17.3. The number of benzene rings is 3. The molecule has 0 aliphatic heterocycles. The number of aromatic nitrogens is 2. The van der Waals surface area contributed by atoms with Gasteiger partial charge >= 0.3 is 0 Å². The average molecular weight is 617 g/mol. The molecule has 4 rings (SSSR count). The van der Waals surface area contributed by atoms with Gasteiger partial charge in [0.25, 0.3) is 5.56 Å². The maximum Gasteiger partial charge on any atom is 0.282 e. The van der Waals surface area contributed by atoms with Gasteiger partial charge in [0.05, 0.1) is 28.2 Å². The van der Waals surface area contributed by atoms with Crippen molar-refractivity contribution in [2.24, 2.45) is 5.10 Å². The van der Waals surface area contributed by atoms with Crippen molar-refractivity contribution >= 4 is 49.0 Å². The molecule has 0 radical (unpaired) electrons. The topological polar surface area (TPSA) is 65.7 Å². The molecule has 4 aromatic rings. The van der Waals surface area contributed by atoms with Crippen LogP contribution in [0.4, 0.5) is 4.39 Å². The molecule has 0 saturated heterocycles. The second kappa shape index (κ2) is 11.3. The highest BCUT2D eigenvalue weighted by Crippen LogP contribution is 2.37. The number of rotatable bonds is 8. The van der Waals surface area contributed by atoms with Crippen LogP contribution in [-0.4, -0.2) is 22.5 Å². The van der Waals surface area contributed by atoms with E-state index in [1.807, 2.05) is 39.0 Å². The summed E-state index contributed by atoms with van der Waals surface area (Å²) in [5.41, 5.74) is 1.77. The third-order valence-electron chi connectivity index (χ3n) is 5.28. The number of halogens is 3. The van der Waals surface area contributed by atoms with Crippen molar-refractivity contribution in [3.05, 3.63) is 96.7 Å². The van der Waals surface area contributed by atoms with Crippen molar-refractivity contribution in [2.45, 2.75) is 33.3 Å². The van der Waals surface area contributed by atoms with E-state index in [0.717, 1.165) is 4.47 Å². The summed E-state index contributed by atoms with van der Waals surface area (Å²) in [5, 5.41) is 4.97. The first-order valence-corrected chi connectivity index (χ1v) is 13.0. The van der Waals surface area contributed by atoms with Crippen LogP contribution in [0.1, 0.15) is 43.6 Å². The van der Waals surface area contributed by atoms with Gasteiger partial charge in [-0.1, -0.05) is 41.9 Å². The molecule has 0 unspecified atom stereocenters. The van der Waals surface area contributed by atoms with Crippen molar-refractivity contribution in [3.8, 4) is 11.5 Å². The second-order valence-electron chi connectivity index (χ2n) is 8.33. The zero-order valence-corrected chi connectivity index (χ0v) is 23.1. The lowest BCUT2D eigenvalue weighted by Crippen LogP contribution is -2.23. The van der Waals surface area contributed by atoms with Crippen molar-refractivity contribution < 1.29 is 13.9 Å². The normalized spacial score (nSPS) is 11.5. The highest BCUT2D eigenvalue weighted by atomic mass is 79.9. The van der Waals surface area contributed by atoms with Gasteiger partial charge in [0.15, 0.2) is 11.5 Å². The summed E-state index contributed by atoms with van der Waals surface area (Å²) in [6, 6.07) is 15.3. The largest absolute Gasteiger partial charge is 0.490 e. The van der Waals surface area contributed by atoms with Crippen LogP contribution in [0.15, 0.2) is 73.4 Å². The predicted octanol–water partition coefficient (Wildman–Crippen LogP) is 7.04. The van der Waals surface area contributed by atoms with Gasteiger partial charge in [0, 0.05) is 10.4 Å². The summed E-state index contributed by atoms with van der Waals surface area (Å²) in [6.45, 7) is 6.40. The molecule has 0 amide bonds. The molecule has 1 heterocycles. The highest BCUT2D eigenvalue weighted by molar-refractivity contribution is 9.10. The Hall–Kier alpha value is -3.04. The molecule has 0 fully saturated rings. The molecule has 186 valence electrons. The van der Waals surface area contributed by atoms with E-state index < -0.39 is 0 Å². The second-order valence-corrected chi connectivity index (χ2v) is 10.1. The van der Waals surface area contributed by atoms with Gasteiger partial charge in [0.1, 0.15) is 18.2 Å². The summed E-state index contributed by atoms with van der Waals surface area (Å²) in [7, 11) is 0. The van der Waals surface area contributed by atoms with Gasteiger partial charge in [-0.2, -0.15) is 9.78 Å². The van der Waals surface area contributed by atoms with Crippen LogP contribution < -0.4 is 15.0 Å². The Balaban J connectivity index is 1.70. The average Bonchev–Trinajstić information content (AvgIpc) is 2.83. The van der Waals surface area contributed by atoms with Crippen LogP contribution in [-0.2, 0) is 6.61 Å². The summed E-state index contributed by atoms with van der Waals surface area (Å²) in [5.74, 6) is 1.22. The Bertz CT molecular complexity index is 1500. The fraction of sp³-hybridized carbons (Fsp3) is 0.222. The lowest BCUT2D eigenvalue weighted by molar-refractivity contribution is 0.267. The Labute approximate surface area is 225 Å². The standard InChI is InChI=1S/C27H24Br2FN3O3/c1-4-35-24-12-18(11-22(29)25(24)36-15-17-6-5-7-20(30)10-17)14-31-33-26(16(2)3)32-23-9-8-19(28)13-21(23)27(33)34/h5-14,16H,4,15H2,1-3H3. The minimum absolute atomic E-state index is 0.0211. The van der Waals surface area contributed by atoms with E-state index in [4.69, 9.17) is 9.47 Å². The summed E-state index contributed by atoms with van der Waals surface area (Å²) >= 11 is 6.97. The van der Waals surface area contributed by atoms with Crippen LogP contribution in [0.5, 0.6) is 11.5 Å². The fourth-order valence-corrected chi connectivity index (χ4v) is 4.56. The summed E-state index contributed by atoms with van der Waals surface area (Å²) in [4.78, 5) is 17.9. The summed E-state index contributed by atoms with van der Waals surface area (Å²) < 4.78 is 28.1. The van der Waals surface area contributed by atoms with Crippen molar-refractivity contribution in [1.29, 1.82) is 0 Å². The van der Waals surface area contributed by atoms with Gasteiger partial charge in [-0.3, -0.25) is 4.79 Å². The molecule has 0 bridgehead atoms. The van der Waals surface area contributed by atoms with E-state index >= 15 is 0 Å². The van der Waals surface area contributed by atoms with Gasteiger partial charge in [-0.05, 0) is 76.4 Å².